The number of rotatable bonds is 3. The molecule has 0 radical (unpaired) electrons. The van der Waals surface area contributed by atoms with Crippen molar-refractivity contribution in [1.82, 2.24) is 25.6 Å². The molecule has 0 unspecified atom stereocenters. The van der Waals surface area contributed by atoms with Crippen LogP contribution in [0.1, 0.15) is 5.56 Å². The Bertz CT molecular complexity index is 725. The first-order valence-corrected chi connectivity index (χ1v) is 5.53. The summed E-state index contributed by atoms with van der Waals surface area (Å²) < 4.78 is 5.21. The molecule has 1 aromatic carbocycles. The molecule has 0 fully saturated rings. The van der Waals surface area contributed by atoms with Crippen LogP contribution in [0.25, 0.3) is 23.0 Å². The third-order valence-corrected chi connectivity index (χ3v) is 2.59. The van der Waals surface area contributed by atoms with Gasteiger partial charge in [0.2, 0.25) is 5.82 Å². The van der Waals surface area contributed by atoms with E-state index in [0.717, 1.165) is 11.1 Å². The van der Waals surface area contributed by atoms with E-state index in [0.29, 0.717) is 17.4 Å². The summed E-state index contributed by atoms with van der Waals surface area (Å²) in [5.74, 6) is 0.722. The number of aromatic nitrogens is 5. The molecule has 0 bridgehead atoms. The lowest BCUT2D eigenvalue weighted by Gasteiger charge is -2.00. The Morgan fingerprint density at radius 1 is 1.32 bits per heavy atom. The molecule has 0 saturated carbocycles. The molecule has 92 valence electrons. The third-order valence-electron chi connectivity index (χ3n) is 2.59. The Kier molecular flexibility index (Phi) is 2.74. The third kappa shape index (κ3) is 2.07. The molecule has 3 rings (SSSR count). The molecule has 1 N–H and O–H groups in total. The fourth-order valence-corrected chi connectivity index (χ4v) is 1.71. The van der Waals surface area contributed by atoms with Gasteiger partial charge < -0.3 is 4.52 Å². The van der Waals surface area contributed by atoms with Crippen molar-refractivity contribution in [3.63, 3.8) is 0 Å². The topological polar surface area (TPSA) is 104 Å². The molecule has 2 aromatic heterocycles. The summed E-state index contributed by atoms with van der Waals surface area (Å²) >= 11 is 0. The van der Waals surface area contributed by atoms with Crippen molar-refractivity contribution in [1.29, 1.82) is 5.26 Å². The van der Waals surface area contributed by atoms with Crippen molar-refractivity contribution in [3.05, 3.63) is 36.0 Å². The molecule has 7 nitrogen and oxygen atoms in total. The molecule has 19 heavy (non-hydrogen) atoms. The van der Waals surface area contributed by atoms with Gasteiger partial charge in [0.25, 0.3) is 5.89 Å². The van der Waals surface area contributed by atoms with Gasteiger partial charge in [-0.2, -0.15) is 25.7 Å². The zero-order valence-electron chi connectivity index (χ0n) is 9.74. The zero-order chi connectivity index (χ0) is 13.1. The van der Waals surface area contributed by atoms with Crippen LogP contribution in [0, 0.1) is 11.3 Å². The normalized spacial score (nSPS) is 10.3. The second-order valence-electron chi connectivity index (χ2n) is 3.77. The molecule has 0 saturated heterocycles. The van der Waals surface area contributed by atoms with E-state index in [9.17, 15) is 0 Å². The first-order valence-electron chi connectivity index (χ1n) is 5.53. The average molecular weight is 252 g/mol. The molecule has 0 amide bonds. The maximum absolute atomic E-state index is 8.81. The summed E-state index contributed by atoms with van der Waals surface area (Å²) in [4.78, 5) is 4.26. The summed E-state index contributed by atoms with van der Waals surface area (Å²) in [6.45, 7) is 0. The highest BCUT2D eigenvalue weighted by Gasteiger charge is 2.14. The molecule has 0 aliphatic carbocycles. The van der Waals surface area contributed by atoms with E-state index in [4.69, 9.17) is 9.78 Å². The summed E-state index contributed by atoms with van der Waals surface area (Å²) in [6, 6.07) is 9.53. The number of aromatic amines is 1. The largest absolute Gasteiger partial charge is 0.334 e. The van der Waals surface area contributed by atoms with Crippen molar-refractivity contribution in [2.24, 2.45) is 0 Å². The van der Waals surface area contributed by atoms with E-state index < -0.39 is 0 Å². The molecule has 2 heterocycles. The summed E-state index contributed by atoms with van der Waals surface area (Å²) in [5.41, 5.74) is 2.11. The summed E-state index contributed by atoms with van der Waals surface area (Å²) in [5, 5.41) is 22.7. The SMILES string of the molecule is N#CCc1ccccc1-c1nc(-c2cn[nH]n2)no1. The second kappa shape index (κ2) is 4.70. The van der Waals surface area contributed by atoms with Crippen LogP contribution in [0.5, 0.6) is 0 Å². The molecular formula is C12H8N6O. The molecule has 0 aliphatic heterocycles. The maximum Gasteiger partial charge on any atom is 0.258 e. The van der Waals surface area contributed by atoms with Crippen LogP contribution in [0.4, 0.5) is 0 Å². The predicted molar refractivity (Wildman–Crippen MR) is 64.4 cm³/mol. The Balaban J connectivity index is 2.02. The van der Waals surface area contributed by atoms with Crippen molar-refractivity contribution < 1.29 is 4.52 Å². The van der Waals surface area contributed by atoms with Crippen LogP contribution in [0.3, 0.4) is 0 Å². The highest BCUT2D eigenvalue weighted by molar-refractivity contribution is 5.61. The molecule has 0 aliphatic rings. The van der Waals surface area contributed by atoms with Gasteiger partial charge in [0.15, 0.2) is 5.69 Å². The predicted octanol–water partition coefficient (Wildman–Crippen LogP) is 1.59. The van der Waals surface area contributed by atoms with E-state index in [1.54, 1.807) is 0 Å². The van der Waals surface area contributed by atoms with Crippen molar-refractivity contribution in [2.45, 2.75) is 6.42 Å². The van der Waals surface area contributed by atoms with E-state index in [2.05, 4.69) is 31.6 Å². The maximum atomic E-state index is 8.81. The smallest absolute Gasteiger partial charge is 0.258 e. The van der Waals surface area contributed by atoms with Crippen LogP contribution in [-0.2, 0) is 6.42 Å². The minimum Gasteiger partial charge on any atom is -0.334 e. The van der Waals surface area contributed by atoms with Gasteiger partial charge in [0.05, 0.1) is 18.7 Å². The average Bonchev–Trinajstić information content (AvgIpc) is 3.11. The number of hydrogen-bond acceptors (Lipinski definition) is 6. The van der Waals surface area contributed by atoms with E-state index in [1.807, 2.05) is 24.3 Å². The monoisotopic (exact) mass is 252 g/mol. The Morgan fingerprint density at radius 2 is 2.21 bits per heavy atom. The van der Waals surface area contributed by atoms with Gasteiger partial charge in [-0.1, -0.05) is 23.4 Å². The highest BCUT2D eigenvalue weighted by Crippen LogP contribution is 2.24. The van der Waals surface area contributed by atoms with Gasteiger partial charge in [0, 0.05) is 5.56 Å². The molecule has 0 spiro atoms. The number of benzene rings is 1. The molecule has 0 atom stereocenters. The number of nitrogens with one attached hydrogen (secondary N) is 1. The quantitative estimate of drug-likeness (QED) is 0.758. The van der Waals surface area contributed by atoms with Crippen LogP contribution in [0.15, 0.2) is 35.0 Å². The number of H-pyrrole nitrogens is 1. The first-order chi connectivity index (χ1) is 9.38. The van der Waals surface area contributed by atoms with Gasteiger partial charge in [-0.05, 0) is 11.6 Å². The van der Waals surface area contributed by atoms with E-state index in [-0.39, 0.29) is 6.42 Å². The lowest BCUT2D eigenvalue weighted by Crippen LogP contribution is -1.88. The van der Waals surface area contributed by atoms with E-state index >= 15 is 0 Å². The lowest BCUT2D eigenvalue weighted by atomic mass is 10.1. The van der Waals surface area contributed by atoms with Gasteiger partial charge in [-0.25, -0.2) is 0 Å². The van der Waals surface area contributed by atoms with Gasteiger partial charge in [-0.15, -0.1) is 0 Å². The first kappa shape index (κ1) is 11.1. The minimum atomic E-state index is 0.290. The minimum absolute atomic E-state index is 0.290. The Hall–Kier alpha value is -3.01. The Morgan fingerprint density at radius 3 is 3.00 bits per heavy atom. The van der Waals surface area contributed by atoms with Crippen LogP contribution < -0.4 is 0 Å². The van der Waals surface area contributed by atoms with Crippen molar-refractivity contribution >= 4 is 0 Å². The summed E-state index contributed by atoms with van der Waals surface area (Å²) in [7, 11) is 0. The standard InChI is InChI=1S/C12H8N6O/c13-6-5-8-3-1-2-4-9(8)12-15-11(17-19-12)10-7-14-18-16-10/h1-4,7H,5H2,(H,14,16,18). The van der Waals surface area contributed by atoms with Crippen LogP contribution in [0.2, 0.25) is 0 Å². The molecular weight excluding hydrogens is 244 g/mol. The number of nitrogens with zero attached hydrogens (tertiary/aromatic N) is 5. The zero-order valence-corrected chi connectivity index (χ0v) is 9.74. The molecule has 7 heteroatoms. The van der Waals surface area contributed by atoms with E-state index in [1.165, 1.54) is 6.20 Å². The molecule has 3 aromatic rings. The lowest BCUT2D eigenvalue weighted by molar-refractivity contribution is 0.432. The number of nitriles is 1. The fourth-order valence-electron chi connectivity index (χ4n) is 1.71. The highest BCUT2D eigenvalue weighted by atomic mass is 16.5. The van der Waals surface area contributed by atoms with Gasteiger partial charge in [-0.3, -0.25) is 0 Å². The van der Waals surface area contributed by atoms with Crippen LogP contribution in [-0.4, -0.2) is 25.6 Å². The van der Waals surface area contributed by atoms with Crippen molar-refractivity contribution in [3.8, 4) is 29.0 Å². The fraction of sp³-hybridized carbons (Fsp3) is 0.0833. The Labute approximate surface area is 107 Å². The summed E-state index contributed by atoms with van der Waals surface area (Å²) in [6.07, 6.45) is 1.80. The van der Waals surface area contributed by atoms with Gasteiger partial charge in [0.1, 0.15) is 0 Å². The van der Waals surface area contributed by atoms with Crippen LogP contribution >= 0.6 is 0 Å². The number of hydrogen-bond donors (Lipinski definition) is 1. The van der Waals surface area contributed by atoms with Crippen molar-refractivity contribution in [2.75, 3.05) is 0 Å². The second-order valence-corrected chi connectivity index (χ2v) is 3.77. The van der Waals surface area contributed by atoms with Gasteiger partial charge >= 0.3 is 0 Å².